The summed E-state index contributed by atoms with van der Waals surface area (Å²) < 4.78 is 18.2. The molecule has 1 saturated heterocycles. The molecule has 0 bridgehead atoms. The summed E-state index contributed by atoms with van der Waals surface area (Å²) in [4.78, 5) is 23.0. The van der Waals surface area contributed by atoms with Crippen LogP contribution in [0.3, 0.4) is 0 Å². The first kappa shape index (κ1) is 13.5. The standard InChI is InChI=1S/C13H14FNO4/c1-7-2-3-8(14)4-9(7)12(16)15-11-6-19-5-10(11)13(17)18/h2-4,10-11H,5-6H2,1H3,(H,15,16)(H,17,18). The summed E-state index contributed by atoms with van der Waals surface area (Å²) in [6.45, 7) is 1.91. The highest BCUT2D eigenvalue weighted by Crippen LogP contribution is 2.16. The van der Waals surface area contributed by atoms with Crippen LogP contribution in [0.5, 0.6) is 0 Å². The molecule has 0 saturated carbocycles. The number of hydrogen-bond acceptors (Lipinski definition) is 3. The smallest absolute Gasteiger partial charge is 0.311 e. The van der Waals surface area contributed by atoms with Crippen molar-refractivity contribution in [1.82, 2.24) is 5.32 Å². The van der Waals surface area contributed by atoms with Crippen molar-refractivity contribution in [2.75, 3.05) is 13.2 Å². The minimum absolute atomic E-state index is 0.0718. The Labute approximate surface area is 109 Å². The molecule has 0 spiro atoms. The van der Waals surface area contributed by atoms with E-state index in [0.29, 0.717) is 5.56 Å². The lowest BCUT2D eigenvalue weighted by atomic mass is 10.0. The second-order valence-corrected chi connectivity index (χ2v) is 4.52. The number of benzene rings is 1. The molecule has 0 radical (unpaired) electrons. The number of rotatable bonds is 3. The lowest BCUT2D eigenvalue weighted by molar-refractivity contribution is -0.142. The molecule has 1 fully saturated rings. The number of aryl methyl sites for hydroxylation is 1. The molecule has 2 atom stereocenters. The van der Waals surface area contributed by atoms with Gasteiger partial charge < -0.3 is 15.2 Å². The molecule has 0 aliphatic carbocycles. The van der Waals surface area contributed by atoms with Crippen LogP contribution in [0.2, 0.25) is 0 Å². The number of carbonyl (C=O) groups is 2. The van der Waals surface area contributed by atoms with Gasteiger partial charge in [-0.2, -0.15) is 0 Å². The van der Waals surface area contributed by atoms with Crippen molar-refractivity contribution in [1.29, 1.82) is 0 Å². The van der Waals surface area contributed by atoms with Gasteiger partial charge in [0.1, 0.15) is 11.7 Å². The third-order valence-electron chi connectivity index (χ3n) is 3.16. The molecule has 1 aliphatic heterocycles. The molecule has 2 N–H and O–H groups in total. The van der Waals surface area contributed by atoms with E-state index < -0.39 is 29.7 Å². The first-order chi connectivity index (χ1) is 8.99. The van der Waals surface area contributed by atoms with Crippen molar-refractivity contribution >= 4 is 11.9 Å². The van der Waals surface area contributed by atoms with Crippen molar-refractivity contribution in [3.05, 3.63) is 35.1 Å². The van der Waals surface area contributed by atoms with Gasteiger partial charge in [-0.25, -0.2) is 4.39 Å². The number of carboxylic acids is 1. The van der Waals surface area contributed by atoms with Gasteiger partial charge in [0.2, 0.25) is 0 Å². The molecular weight excluding hydrogens is 253 g/mol. The molecule has 5 nitrogen and oxygen atoms in total. The Kier molecular flexibility index (Phi) is 3.80. The van der Waals surface area contributed by atoms with Gasteiger partial charge in [-0.15, -0.1) is 0 Å². The highest BCUT2D eigenvalue weighted by Gasteiger charge is 2.35. The average Bonchev–Trinajstić information content (AvgIpc) is 2.80. The average molecular weight is 267 g/mol. The van der Waals surface area contributed by atoms with Crippen LogP contribution in [0.25, 0.3) is 0 Å². The number of aliphatic carboxylic acids is 1. The molecule has 19 heavy (non-hydrogen) atoms. The summed E-state index contributed by atoms with van der Waals surface area (Å²) in [6.07, 6.45) is 0. The van der Waals surface area contributed by atoms with E-state index in [9.17, 15) is 14.0 Å². The largest absolute Gasteiger partial charge is 0.481 e. The Morgan fingerprint density at radius 3 is 2.84 bits per heavy atom. The van der Waals surface area contributed by atoms with Crippen LogP contribution in [0.4, 0.5) is 4.39 Å². The molecule has 2 unspecified atom stereocenters. The third-order valence-corrected chi connectivity index (χ3v) is 3.16. The first-order valence-electron chi connectivity index (χ1n) is 5.86. The summed E-state index contributed by atoms with van der Waals surface area (Å²) in [5, 5.41) is 11.6. The summed E-state index contributed by atoms with van der Waals surface area (Å²) in [5.41, 5.74) is 0.834. The molecule has 6 heteroatoms. The molecule has 0 aromatic heterocycles. The van der Waals surface area contributed by atoms with Crippen molar-refractivity contribution in [2.45, 2.75) is 13.0 Å². The van der Waals surface area contributed by atoms with Crippen LogP contribution in [0.15, 0.2) is 18.2 Å². The number of hydrogen-bond donors (Lipinski definition) is 2. The minimum atomic E-state index is -1.02. The van der Waals surface area contributed by atoms with E-state index in [0.717, 1.165) is 6.07 Å². The zero-order valence-electron chi connectivity index (χ0n) is 10.4. The van der Waals surface area contributed by atoms with Crippen molar-refractivity contribution < 1.29 is 23.8 Å². The van der Waals surface area contributed by atoms with Crippen molar-refractivity contribution in [3.8, 4) is 0 Å². The number of carbonyl (C=O) groups excluding carboxylic acids is 1. The second-order valence-electron chi connectivity index (χ2n) is 4.52. The van der Waals surface area contributed by atoms with Crippen LogP contribution in [0, 0.1) is 18.7 Å². The number of ether oxygens (including phenoxy) is 1. The van der Waals surface area contributed by atoms with E-state index in [1.54, 1.807) is 6.92 Å². The zero-order chi connectivity index (χ0) is 14.0. The Balaban J connectivity index is 2.12. The summed E-state index contributed by atoms with van der Waals surface area (Å²) in [6, 6.07) is 3.32. The van der Waals surface area contributed by atoms with Crippen molar-refractivity contribution in [2.24, 2.45) is 5.92 Å². The molecule has 1 heterocycles. The Hall–Kier alpha value is -1.95. The molecule has 102 valence electrons. The fourth-order valence-electron chi connectivity index (χ4n) is 2.02. The Morgan fingerprint density at radius 1 is 1.42 bits per heavy atom. The normalized spacial score (nSPS) is 22.2. The maximum absolute atomic E-state index is 13.1. The topological polar surface area (TPSA) is 75.6 Å². The molecule has 2 rings (SSSR count). The fourth-order valence-corrected chi connectivity index (χ4v) is 2.02. The molecule has 1 aliphatic rings. The first-order valence-corrected chi connectivity index (χ1v) is 5.86. The van der Waals surface area contributed by atoms with E-state index in [1.807, 2.05) is 0 Å². The van der Waals surface area contributed by atoms with Gasteiger partial charge in [-0.05, 0) is 24.6 Å². The van der Waals surface area contributed by atoms with Crippen LogP contribution < -0.4 is 5.32 Å². The highest BCUT2D eigenvalue weighted by atomic mass is 19.1. The number of nitrogens with one attached hydrogen (secondary N) is 1. The van der Waals surface area contributed by atoms with Gasteiger partial charge >= 0.3 is 5.97 Å². The Morgan fingerprint density at radius 2 is 2.16 bits per heavy atom. The van der Waals surface area contributed by atoms with Crippen LogP contribution >= 0.6 is 0 Å². The lowest BCUT2D eigenvalue weighted by Gasteiger charge is -2.16. The fraction of sp³-hybridized carbons (Fsp3) is 0.385. The van der Waals surface area contributed by atoms with Gasteiger partial charge in [-0.1, -0.05) is 6.07 Å². The Bertz CT molecular complexity index is 517. The molecule has 1 aromatic carbocycles. The highest BCUT2D eigenvalue weighted by molar-refractivity contribution is 5.96. The van der Waals surface area contributed by atoms with Gasteiger partial charge in [0.25, 0.3) is 5.91 Å². The molecule has 1 amide bonds. The quantitative estimate of drug-likeness (QED) is 0.855. The van der Waals surface area contributed by atoms with Crippen LogP contribution in [-0.4, -0.2) is 36.2 Å². The zero-order valence-corrected chi connectivity index (χ0v) is 10.4. The van der Waals surface area contributed by atoms with Crippen LogP contribution in [0.1, 0.15) is 15.9 Å². The summed E-state index contributed by atoms with van der Waals surface area (Å²) in [7, 11) is 0. The van der Waals surface area contributed by atoms with E-state index in [1.165, 1.54) is 12.1 Å². The monoisotopic (exact) mass is 267 g/mol. The van der Waals surface area contributed by atoms with Crippen molar-refractivity contribution in [3.63, 3.8) is 0 Å². The van der Waals surface area contributed by atoms with E-state index in [-0.39, 0.29) is 18.8 Å². The summed E-state index contributed by atoms with van der Waals surface area (Å²) >= 11 is 0. The number of halogens is 1. The van der Waals surface area contributed by atoms with E-state index in [4.69, 9.17) is 9.84 Å². The maximum Gasteiger partial charge on any atom is 0.311 e. The minimum Gasteiger partial charge on any atom is -0.481 e. The molecular formula is C13H14FNO4. The maximum atomic E-state index is 13.1. The van der Waals surface area contributed by atoms with Gasteiger partial charge in [-0.3, -0.25) is 9.59 Å². The summed E-state index contributed by atoms with van der Waals surface area (Å²) in [5.74, 6) is -2.77. The third kappa shape index (κ3) is 2.90. The van der Waals surface area contributed by atoms with E-state index >= 15 is 0 Å². The van der Waals surface area contributed by atoms with Gasteiger partial charge in [0, 0.05) is 5.56 Å². The van der Waals surface area contributed by atoms with Gasteiger partial charge in [0.15, 0.2) is 0 Å². The lowest BCUT2D eigenvalue weighted by Crippen LogP contribution is -2.42. The second kappa shape index (κ2) is 5.36. The molecule has 1 aromatic rings. The predicted molar refractivity (Wildman–Crippen MR) is 64.3 cm³/mol. The number of amides is 1. The predicted octanol–water partition coefficient (Wildman–Crippen LogP) is 0.964. The van der Waals surface area contributed by atoms with Gasteiger partial charge in [0.05, 0.1) is 19.3 Å². The van der Waals surface area contributed by atoms with E-state index in [2.05, 4.69) is 5.32 Å². The van der Waals surface area contributed by atoms with Crippen LogP contribution in [-0.2, 0) is 9.53 Å². The SMILES string of the molecule is Cc1ccc(F)cc1C(=O)NC1COCC1C(=O)O. The number of carboxylic acid groups (broad SMARTS) is 1.